The number of nitrogens with zero attached hydrogens (tertiary/aromatic N) is 1. The van der Waals surface area contributed by atoms with Crippen LogP contribution in [-0.4, -0.2) is 36.6 Å². The lowest BCUT2D eigenvalue weighted by molar-refractivity contribution is -0.145. The largest absolute Gasteiger partial charge is 0.401 e. The normalized spacial score (nSPS) is 26.6. The van der Waals surface area contributed by atoms with Crippen molar-refractivity contribution in [2.24, 2.45) is 11.8 Å². The summed E-state index contributed by atoms with van der Waals surface area (Å²) >= 11 is 0. The summed E-state index contributed by atoms with van der Waals surface area (Å²) in [5, 5.41) is 0. The van der Waals surface area contributed by atoms with E-state index in [0.717, 1.165) is 4.90 Å². The van der Waals surface area contributed by atoms with Crippen molar-refractivity contribution in [2.75, 3.05) is 19.6 Å². The van der Waals surface area contributed by atoms with Crippen molar-refractivity contribution in [1.82, 2.24) is 4.90 Å². The highest BCUT2D eigenvalue weighted by molar-refractivity contribution is 4.91. The van der Waals surface area contributed by atoms with E-state index in [2.05, 4.69) is 0 Å². The minimum Gasteiger partial charge on any atom is -0.289 e. The van der Waals surface area contributed by atoms with Crippen LogP contribution in [0.3, 0.4) is 0 Å². The topological polar surface area (TPSA) is 3.24 Å². The number of hydrogen-bond acceptors (Lipinski definition) is 1. The van der Waals surface area contributed by atoms with Gasteiger partial charge in [0.2, 0.25) is 0 Å². The number of hydrogen-bond donors (Lipinski definition) is 0. The highest BCUT2D eigenvalue weighted by atomic mass is 19.4. The Balaban J connectivity index is 2.57. The molecule has 1 atom stereocenters. The van der Waals surface area contributed by atoms with Gasteiger partial charge >= 0.3 is 6.18 Å². The zero-order valence-corrected chi connectivity index (χ0v) is 9.32. The van der Waals surface area contributed by atoms with Gasteiger partial charge in [-0.05, 0) is 12.3 Å². The van der Waals surface area contributed by atoms with Gasteiger partial charge in [-0.2, -0.15) is 13.2 Å². The fourth-order valence-corrected chi connectivity index (χ4v) is 2.13. The third kappa shape index (κ3) is 3.88. The zero-order valence-electron chi connectivity index (χ0n) is 9.32. The molecule has 0 N–H and O–H groups in total. The van der Waals surface area contributed by atoms with Crippen LogP contribution in [0.2, 0.25) is 0 Å². The Labute approximate surface area is 91.6 Å². The Kier molecular flexibility index (Phi) is 3.82. The average molecular weight is 245 g/mol. The summed E-state index contributed by atoms with van der Waals surface area (Å²) in [6, 6.07) is 0. The maximum atomic E-state index is 13.4. The monoisotopic (exact) mass is 245 g/mol. The molecular formula is C10H16F5N. The lowest BCUT2D eigenvalue weighted by Gasteiger charge is -2.19. The number of alkyl halides is 5. The smallest absolute Gasteiger partial charge is 0.289 e. The molecule has 1 heterocycles. The Bertz CT molecular complexity index is 236. The lowest BCUT2D eigenvalue weighted by Crippen LogP contribution is -2.34. The van der Waals surface area contributed by atoms with E-state index >= 15 is 0 Å². The van der Waals surface area contributed by atoms with Crippen LogP contribution in [0.25, 0.3) is 0 Å². The summed E-state index contributed by atoms with van der Waals surface area (Å²) in [5.74, 6) is -3.87. The minimum absolute atomic E-state index is 0.0710. The number of likely N-dealkylation sites (tertiary alicyclic amines) is 1. The van der Waals surface area contributed by atoms with Crippen molar-refractivity contribution >= 4 is 0 Å². The molecule has 0 aromatic heterocycles. The van der Waals surface area contributed by atoms with Crippen molar-refractivity contribution < 1.29 is 22.0 Å². The van der Waals surface area contributed by atoms with E-state index in [9.17, 15) is 22.0 Å². The lowest BCUT2D eigenvalue weighted by atomic mass is 9.94. The Morgan fingerprint density at radius 1 is 1.31 bits per heavy atom. The van der Waals surface area contributed by atoms with Crippen LogP contribution in [0.4, 0.5) is 22.0 Å². The fraction of sp³-hybridized carbons (Fsp3) is 1.00. The predicted octanol–water partition coefficient (Wildman–Crippen LogP) is 3.16. The van der Waals surface area contributed by atoms with Gasteiger partial charge in [-0.1, -0.05) is 13.8 Å². The Hall–Kier alpha value is -0.390. The van der Waals surface area contributed by atoms with Gasteiger partial charge in [-0.3, -0.25) is 4.90 Å². The van der Waals surface area contributed by atoms with Gasteiger partial charge in [0.1, 0.15) is 0 Å². The second-order valence-corrected chi connectivity index (χ2v) is 4.87. The molecule has 0 saturated carbocycles. The van der Waals surface area contributed by atoms with Crippen LogP contribution in [0, 0.1) is 11.8 Å². The van der Waals surface area contributed by atoms with Crippen LogP contribution in [0.15, 0.2) is 0 Å². The van der Waals surface area contributed by atoms with Gasteiger partial charge in [0, 0.05) is 12.5 Å². The average Bonchev–Trinajstić information content (AvgIpc) is 2.20. The minimum atomic E-state index is -4.40. The molecule has 6 heteroatoms. The molecule has 1 rings (SSSR count). The maximum absolute atomic E-state index is 13.4. The summed E-state index contributed by atoms with van der Waals surface area (Å²) < 4.78 is 63.0. The van der Waals surface area contributed by atoms with E-state index in [4.69, 9.17) is 0 Å². The van der Waals surface area contributed by atoms with Crippen molar-refractivity contribution in [3.63, 3.8) is 0 Å². The summed E-state index contributed by atoms with van der Waals surface area (Å²) in [5.41, 5.74) is 0. The van der Waals surface area contributed by atoms with Gasteiger partial charge in [-0.25, -0.2) is 8.78 Å². The standard InChI is InChI=1S/C10H16F5N/c1-7(2)3-8-4-16(5-9(8,11)12)6-10(13,14)15/h7-8H,3-6H2,1-2H3. The second-order valence-electron chi connectivity index (χ2n) is 4.87. The van der Waals surface area contributed by atoms with Crippen LogP contribution < -0.4 is 0 Å². The number of rotatable bonds is 3. The molecule has 16 heavy (non-hydrogen) atoms. The molecule has 1 unspecified atom stereocenters. The summed E-state index contributed by atoms with van der Waals surface area (Å²) in [6.07, 6.45) is -4.13. The second kappa shape index (κ2) is 4.47. The summed E-state index contributed by atoms with van der Waals surface area (Å²) in [7, 11) is 0. The molecule has 0 aliphatic carbocycles. The van der Waals surface area contributed by atoms with Crippen molar-refractivity contribution in [1.29, 1.82) is 0 Å². The van der Waals surface area contributed by atoms with Crippen LogP contribution >= 0.6 is 0 Å². The SMILES string of the molecule is CC(C)CC1CN(CC(F)(F)F)CC1(F)F. The maximum Gasteiger partial charge on any atom is 0.401 e. The zero-order chi connectivity index (χ0) is 12.6. The van der Waals surface area contributed by atoms with E-state index in [1.54, 1.807) is 13.8 Å². The molecule has 0 bridgehead atoms. The molecule has 1 aliphatic rings. The van der Waals surface area contributed by atoms with E-state index in [1.807, 2.05) is 0 Å². The third-order valence-corrected chi connectivity index (χ3v) is 2.67. The first kappa shape index (κ1) is 13.7. The van der Waals surface area contributed by atoms with Crippen LogP contribution in [0.5, 0.6) is 0 Å². The molecule has 1 saturated heterocycles. The molecule has 1 nitrogen and oxygen atoms in total. The summed E-state index contributed by atoms with van der Waals surface area (Å²) in [6.45, 7) is 1.41. The highest BCUT2D eigenvalue weighted by Gasteiger charge is 2.49. The van der Waals surface area contributed by atoms with E-state index < -0.39 is 31.1 Å². The van der Waals surface area contributed by atoms with Crippen LogP contribution in [-0.2, 0) is 0 Å². The molecule has 0 spiro atoms. The molecule has 1 fully saturated rings. The Morgan fingerprint density at radius 2 is 1.88 bits per heavy atom. The predicted molar refractivity (Wildman–Crippen MR) is 50.4 cm³/mol. The van der Waals surface area contributed by atoms with Crippen molar-refractivity contribution in [3.8, 4) is 0 Å². The first-order valence-electron chi connectivity index (χ1n) is 5.27. The van der Waals surface area contributed by atoms with Gasteiger partial charge < -0.3 is 0 Å². The van der Waals surface area contributed by atoms with Crippen molar-refractivity contribution in [2.45, 2.75) is 32.4 Å². The molecule has 0 aromatic carbocycles. The highest BCUT2D eigenvalue weighted by Crippen LogP contribution is 2.37. The van der Waals surface area contributed by atoms with Gasteiger partial charge in [0.05, 0.1) is 13.1 Å². The molecule has 0 aromatic rings. The Morgan fingerprint density at radius 3 is 2.31 bits per heavy atom. The van der Waals surface area contributed by atoms with E-state index in [-0.39, 0.29) is 18.9 Å². The molecule has 0 radical (unpaired) electrons. The molecule has 96 valence electrons. The van der Waals surface area contributed by atoms with E-state index in [0.29, 0.717) is 0 Å². The molecule has 1 aliphatic heterocycles. The van der Waals surface area contributed by atoms with Crippen LogP contribution in [0.1, 0.15) is 20.3 Å². The summed E-state index contributed by atoms with van der Waals surface area (Å²) in [4.78, 5) is 0.799. The molecule has 0 amide bonds. The van der Waals surface area contributed by atoms with Crippen molar-refractivity contribution in [3.05, 3.63) is 0 Å². The van der Waals surface area contributed by atoms with Gasteiger partial charge in [0.15, 0.2) is 0 Å². The fourth-order valence-electron chi connectivity index (χ4n) is 2.13. The van der Waals surface area contributed by atoms with E-state index in [1.165, 1.54) is 0 Å². The first-order valence-corrected chi connectivity index (χ1v) is 5.27. The number of halogens is 5. The van der Waals surface area contributed by atoms with Gasteiger partial charge in [0.25, 0.3) is 5.92 Å². The quantitative estimate of drug-likeness (QED) is 0.690. The van der Waals surface area contributed by atoms with Gasteiger partial charge in [-0.15, -0.1) is 0 Å². The molecular weight excluding hydrogens is 229 g/mol. The third-order valence-electron chi connectivity index (χ3n) is 2.67. The first-order chi connectivity index (χ1) is 7.10.